The molecule has 128 valence electrons. The molecule has 1 saturated carbocycles. The molecule has 1 rings (SSSR count). The van der Waals surface area contributed by atoms with Crippen molar-refractivity contribution < 1.29 is 9.53 Å². The van der Waals surface area contributed by atoms with E-state index < -0.39 is 0 Å². The smallest absolute Gasteiger partial charge is 0.305 e. The number of ether oxygens (including phenoxy) is 1. The van der Waals surface area contributed by atoms with Crippen LogP contribution in [-0.2, 0) is 9.53 Å². The summed E-state index contributed by atoms with van der Waals surface area (Å²) in [4.78, 5) is 15.8. The van der Waals surface area contributed by atoms with Crippen LogP contribution >= 0.6 is 0 Å². The first kappa shape index (κ1) is 18.8. The van der Waals surface area contributed by atoms with Crippen molar-refractivity contribution in [2.24, 2.45) is 10.4 Å². The van der Waals surface area contributed by atoms with Gasteiger partial charge in [0.15, 0.2) is 5.96 Å². The number of guanidine groups is 1. The summed E-state index contributed by atoms with van der Waals surface area (Å²) in [7, 11) is 1.43. The third-order valence-electron chi connectivity index (χ3n) is 4.66. The number of hydrogen-bond donors (Lipinski definition) is 2. The Kier molecular flexibility index (Phi) is 8.94. The Hall–Kier alpha value is -1.26. The summed E-state index contributed by atoms with van der Waals surface area (Å²) >= 11 is 0. The van der Waals surface area contributed by atoms with Crippen LogP contribution in [0.25, 0.3) is 0 Å². The van der Waals surface area contributed by atoms with Gasteiger partial charge in [-0.2, -0.15) is 0 Å². The summed E-state index contributed by atoms with van der Waals surface area (Å²) in [6.45, 7) is 6.99. The van der Waals surface area contributed by atoms with E-state index in [-0.39, 0.29) is 5.97 Å². The molecule has 0 unspecified atom stereocenters. The SMILES string of the molecule is CCNC(=NCC1(CC)CCCC1)NCCCCC(=O)OC. The number of hydrogen-bond acceptors (Lipinski definition) is 3. The fraction of sp³-hybridized carbons (Fsp3) is 0.882. The molecule has 0 aromatic rings. The molecule has 0 aromatic carbocycles. The van der Waals surface area contributed by atoms with Crippen molar-refractivity contribution in [1.29, 1.82) is 0 Å². The van der Waals surface area contributed by atoms with Gasteiger partial charge in [-0.1, -0.05) is 19.8 Å². The third kappa shape index (κ3) is 6.67. The molecule has 5 nitrogen and oxygen atoms in total. The minimum absolute atomic E-state index is 0.133. The van der Waals surface area contributed by atoms with Gasteiger partial charge in [-0.25, -0.2) is 0 Å². The van der Waals surface area contributed by atoms with Crippen molar-refractivity contribution in [3.05, 3.63) is 0 Å². The van der Waals surface area contributed by atoms with E-state index in [1.54, 1.807) is 0 Å². The lowest BCUT2D eigenvalue weighted by Crippen LogP contribution is -2.38. The van der Waals surface area contributed by atoms with Crippen molar-refractivity contribution in [2.75, 3.05) is 26.7 Å². The first-order valence-electron chi connectivity index (χ1n) is 8.75. The topological polar surface area (TPSA) is 62.7 Å². The summed E-state index contributed by atoms with van der Waals surface area (Å²) in [6, 6.07) is 0. The molecule has 1 fully saturated rings. The van der Waals surface area contributed by atoms with E-state index in [4.69, 9.17) is 4.99 Å². The highest BCUT2D eigenvalue weighted by molar-refractivity contribution is 5.79. The zero-order valence-corrected chi connectivity index (χ0v) is 14.5. The first-order chi connectivity index (χ1) is 10.7. The van der Waals surface area contributed by atoms with Gasteiger partial charge in [0.05, 0.1) is 7.11 Å². The van der Waals surface area contributed by atoms with Crippen molar-refractivity contribution in [3.8, 4) is 0 Å². The molecule has 0 bridgehead atoms. The first-order valence-corrected chi connectivity index (χ1v) is 8.75. The van der Waals surface area contributed by atoms with E-state index in [2.05, 4.69) is 29.2 Å². The predicted octanol–water partition coefficient (Wildman–Crippen LogP) is 2.86. The van der Waals surface area contributed by atoms with Gasteiger partial charge in [0.2, 0.25) is 0 Å². The van der Waals surface area contributed by atoms with Gasteiger partial charge in [0.1, 0.15) is 0 Å². The molecule has 1 aliphatic rings. The highest BCUT2D eigenvalue weighted by Crippen LogP contribution is 2.41. The highest BCUT2D eigenvalue weighted by atomic mass is 16.5. The van der Waals surface area contributed by atoms with Crippen molar-refractivity contribution in [1.82, 2.24) is 10.6 Å². The van der Waals surface area contributed by atoms with Gasteiger partial charge >= 0.3 is 5.97 Å². The van der Waals surface area contributed by atoms with E-state index >= 15 is 0 Å². The zero-order valence-electron chi connectivity index (χ0n) is 14.5. The molecule has 0 aliphatic heterocycles. The maximum Gasteiger partial charge on any atom is 0.305 e. The second-order valence-corrected chi connectivity index (χ2v) is 6.22. The fourth-order valence-electron chi connectivity index (χ4n) is 3.04. The fourth-order valence-corrected chi connectivity index (χ4v) is 3.04. The molecular weight excluding hydrogens is 278 g/mol. The molecule has 1 aliphatic carbocycles. The number of nitrogens with one attached hydrogen (secondary N) is 2. The van der Waals surface area contributed by atoms with Crippen LogP contribution in [0.3, 0.4) is 0 Å². The van der Waals surface area contributed by atoms with E-state index in [9.17, 15) is 4.79 Å². The van der Waals surface area contributed by atoms with E-state index in [1.165, 1.54) is 39.2 Å². The minimum Gasteiger partial charge on any atom is -0.469 e. The average molecular weight is 311 g/mol. The van der Waals surface area contributed by atoms with Gasteiger partial charge < -0.3 is 15.4 Å². The Balaban J connectivity index is 2.34. The second kappa shape index (κ2) is 10.5. The van der Waals surface area contributed by atoms with E-state index in [0.29, 0.717) is 11.8 Å². The Bertz CT molecular complexity index is 350. The molecule has 0 radical (unpaired) electrons. The molecule has 0 heterocycles. The number of aliphatic imine (C=N–C) groups is 1. The quantitative estimate of drug-likeness (QED) is 0.297. The zero-order chi connectivity index (χ0) is 16.3. The Labute approximate surface area is 135 Å². The Morgan fingerprint density at radius 2 is 1.91 bits per heavy atom. The van der Waals surface area contributed by atoms with Crippen LogP contribution in [0.1, 0.15) is 65.2 Å². The number of carbonyl (C=O) groups is 1. The summed E-state index contributed by atoms with van der Waals surface area (Å²) in [5.74, 6) is 0.770. The lowest BCUT2D eigenvalue weighted by Gasteiger charge is -2.25. The summed E-state index contributed by atoms with van der Waals surface area (Å²) in [5.41, 5.74) is 0.424. The molecule has 0 amide bonds. The summed E-state index contributed by atoms with van der Waals surface area (Å²) in [5, 5.41) is 6.67. The molecular formula is C17H33N3O2. The molecule has 5 heteroatoms. The van der Waals surface area contributed by atoms with Crippen LogP contribution in [0.4, 0.5) is 0 Å². The van der Waals surface area contributed by atoms with Crippen molar-refractivity contribution in [2.45, 2.75) is 65.2 Å². The highest BCUT2D eigenvalue weighted by Gasteiger charge is 2.31. The molecule has 0 aromatic heterocycles. The van der Waals surface area contributed by atoms with E-state index in [0.717, 1.165) is 38.4 Å². The van der Waals surface area contributed by atoms with Gasteiger partial charge in [-0.15, -0.1) is 0 Å². The number of carbonyl (C=O) groups excluding carboxylic acids is 1. The van der Waals surface area contributed by atoms with Gasteiger partial charge in [-0.3, -0.25) is 9.79 Å². The monoisotopic (exact) mass is 311 g/mol. The summed E-state index contributed by atoms with van der Waals surface area (Å²) in [6.07, 6.45) is 8.81. The Morgan fingerprint density at radius 1 is 1.18 bits per heavy atom. The van der Waals surface area contributed by atoms with Crippen LogP contribution in [-0.4, -0.2) is 38.7 Å². The lowest BCUT2D eigenvalue weighted by molar-refractivity contribution is -0.140. The van der Waals surface area contributed by atoms with Crippen LogP contribution in [0.5, 0.6) is 0 Å². The number of esters is 1. The number of unbranched alkanes of at least 4 members (excludes halogenated alkanes) is 1. The maximum absolute atomic E-state index is 11.1. The second-order valence-electron chi connectivity index (χ2n) is 6.22. The Morgan fingerprint density at radius 3 is 2.50 bits per heavy atom. The number of nitrogens with zero attached hydrogens (tertiary/aromatic N) is 1. The van der Waals surface area contributed by atoms with Crippen LogP contribution in [0.15, 0.2) is 4.99 Å². The largest absolute Gasteiger partial charge is 0.469 e. The normalized spacial score (nSPS) is 17.3. The predicted molar refractivity (Wildman–Crippen MR) is 91.0 cm³/mol. The van der Waals surface area contributed by atoms with Gasteiger partial charge in [0.25, 0.3) is 0 Å². The van der Waals surface area contributed by atoms with E-state index in [1.807, 2.05) is 0 Å². The lowest BCUT2D eigenvalue weighted by atomic mass is 9.84. The third-order valence-corrected chi connectivity index (χ3v) is 4.66. The van der Waals surface area contributed by atoms with Gasteiger partial charge in [0, 0.05) is 26.1 Å². The van der Waals surface area contributed by atoms with Gasteiger partial charge in [-0.05, 0) is 44.4 Å². The molecule has 0 spiro atoms. The molecule has 0 saturated heterocycles. The number of methoxy groups -OCH3 is 1. The van der Waals surface area contributed by atoms with Crippen molar-refractivity contribution >= 4 is 11.9 Å². The van der Waals surface area contributed by atoms with Crippen LogP contribution in [0, 0.1) is 5.41 Å². The molecule has 22 heavy (non-hydrogen) atoms. The van der Waals surface area contributed by atoms with Crippen LogP contribution < -0.4 is 10.6 Å². The number of rotatable bonds is 9. The maximum atomic E-state index is 11.1. The minimum atomic E-state index is -0.133. The van der Waals surface area contributed by atoms with Crippen molar-refractivity contribution in [3.63, 3.8) is 0 Å². The van der Waals surface area contributed by atoms with Crippen LogP contribution in [0.2, 0.25) is 0 Å². The average Bonchev–Trinajstić information content (AvgIpc) is 3.01. The molecule has 0 atom stereocenters. The molecule has 2 N–H and O–H groups in total. The summed E-state index contributed by atoms with van der Waals surface area (Å²) < 4.78 is 4.64. The standard InChI is InChI=1S/C17H33N3O2/c1-4-17(11-7-8-12-17)14-20-16(18-5-2)19-13-9-6-10-15(21)22-3/h4-14H2,1-3H3,(H2,18,19,20).